The number of rotatable bonds is 1. The molecule has 2 rings (SSSR count). The van der Waals surface area contributed by atoms with Crippen LogP contribution in [0.5, 0.6) is 0 Å². The molecule has 0 nitrogen and oxygen atoms in total. The average molecular weight is 282 g/mol. The van der Waals surface area contributed by atoms with Crippen molar-refractivity contribution < 1.29 is 0 Å². The van der Waals surface area contributed by atoms with E-state index in [-0.39, 0.29) is 0 Å². The molecule has 0 aromatic heterocycles. The van der Waals surface area contributed by atoms with E-state index in [1.807, 2.05) is 0 Å². The predicted molar refractivity (Wildman–Crippen MR) is 66.0 cm³/mol. The van der Waals surface area contributed by atoms with E-state index in [0.29, 0.717) is 0 Å². The van der Waals surface area contributed by atoms with Crippen LogP contribution in [-0.4, -0.2) is 0 Å². The minimum atomic E-state index is 1.11. The summed E-state index contributed by atoms with van der Waals surface area (Å²) in [6, 6.07) is 13.1. The Morgan fingerprint density at radius 3 is 2.69 bits per heavy atom. The summed E-state index contributed by atoms with van der Waals surface area (Å²) >= 11 is 2.38. The summed E-state index contributed by atoms with van der Waals surface area (Å²) in [6.07, 6.45) is 1.11. The first-order chi connectivity index (χ1) is 6.31. The lowest BCUT2D eigenvalue weighted by molar-refractivity contribution is 1.16. The van der Waals surface area contributed by atoms with Crippen LogP contribution in [0.2, 0.25) is 0 Å². The summed E-state index contributed by atoms with van der Waals surface area (Å²) in [5, 5.41) is 2.75. The standard InChI is InChI=1S/C12H11I/c1-2-9-7-11(13)8-10-5-3-4-6-12(9)10/h3-8H,2H2,1H3. The van der Waals surface area contributed by atoms with Crippen LogP contribution in [-0.2, 0) is 6.42 Å². The van der Waals surface area contributed by atoms with Gasteiger partial charge in [0.1, 0.15) is 0 Å². The monoisotopic (exact) mass is 282 g/mol. The van der Waals surface area contributed by atoms with Crippen molar-refractivity contribution in [2.75, 3.05) is 0 Å². The third-order valence-corrected chi connectivity index (χ3v) is 2.92. The molecule has 0 N–H and O–H groups in total. The molecular formula is C12H11I. The van der Waals surface area contributed by atoms with Crippen molar-refractivity contribution in [3.63, 3.8) is 0 Å². The third kappa shape index (κ3) is 1.70. The molecule has 2 aromatic carbocycles. The fraction of sp³-hybridized carbons (Fsp3) is 0.167. The Bertz CT molecular complexity index is 432. The van der Waals surface area contributed by atoms with Gasteiger partial charge >= 0.3 is 0 Å². The van der Waals surface area contributed by atoms with E-state index in [1.54, 1.807) is 0 Å². The first kappa shape index (κ1) is 9.00. The molecule has 0 saturated heterocycles. The lowest BCUT2D eigenvalue weighted by Gasteiger charge is -2.04. The molecule has 0 aliphatic heterocycles. The molecule has 2 aromatic rings. The highest BCUT2D eigenvalue weighted by Crippen LogP contribution is 2.22. The number of halogens is 1. The van der Waals surface area contributed by atoms with Crippen LogP contribution in [0.25, 0.3) is 10.8 Å². The molecule has 1 heteroatoms. The van der Waals surface area contributed by atoms with Crippen LogP contribution in [0, 0.1) is 3.57 Å². The maximum absolute atomic E-state index is 2.38. The van der Waals surface area contributed by atoms with E-state index in [0.717, 1.165) is 6.42 Å². The Balaban J connectivity index is 2.81. The fourth-order valence-electron chi connectivity index (χ4n) is 1.64. The third-order valence-electron chi connectivity index (χ3n) is 2.29. The Labute approximate surface area is 92.1 Å². The van der Waals surface area contributed by atoms with Gasteiger partial charge in [-0.2, -0.15) is 0 Å². The smallest absolute Gasteiger partial charge is 0.0139 e. The normalized spacial score (nSPS) is 10.6. The van der Waals surface area contributed by atoms with Crippen LogP contribution >= 0.6 is 22.6 Å². The number of hydrogen-bond acceptors (Lipinski definition) is 0. The summed E-state index contributed by atoms with van der Waals surface area (Å²) < 4.78 is 1.33. The van der Waals surface area contributed by atoms with Crippen molar-refractivity contribution >= 4 is 33.4 Å². The molecule has 0 aliphatic rings. The average Bonchev–Trinajstić information content (AvgIpc) is 2.16. The van der Waals surface area contributed by atoms with Gasteiger partial charge < -0.3 is 0 Å². The number of benzene rings is 2. The topological polar surface area (TPSA) is 0 Å². The van der Waals surface area contributed by atoms with Gasteiger partial charge in [-0.3, -0.25) is 0 Å². The van der Waals surface area contributed by atoms with Crippen LogP contribution in [0.4, 0.5) is 0 Å². The highest BCUT2D eigenvalue weighted by Gasteiger charge is 1.99. The van der Waals surface area contributed by atoms with E-state index >= 15 is 0 Å². The second kappa shape index (κ2) is 3.66. The molecule has 0 bridgehead atoms. The molecule has 0 spiro atoms. The summed E-state index contributed by atoms with van der Waals surface area (Å²) in [6.45, 7) is 2.21. The lowest BCUT2D eigenvalue weighted by Crippen LogP contribution is -1.85. The van der Waals surface area contributed by atoms with Gasteiger partial charge in [0.15, 0.2) is 0 Å². The molecule has 0 amide bonds. The predicted octanol–water partition coefficient (Wildman–Crippen LogP) is 4.01. The van der Waals surface area contributed by atoms with E-state index < -0.39 is 0 Å². The molecule has 0 radical (unpaired) electrons. The molecular weight excluding hydrogens is 271 g/mol. The first-order valence-corrected chi connectivity index (χ1v) is 5.56. The Kier molecular flexibility index (Phi) is 2.54. The van der Waals surface area contributed by atoms with Gasteiger partial charge in [-0.1, -0.05) is 31.2 Å². The van der Waals surface area contributed by atoms with Gasteiger partial charge in [0.2, 0.25) is 0 Å². The first-order valence-electron chi connectivity index (χ1n) is 4.48. The highest BCUT2D eigenvalue weighted by molar-refractivity contribution is 14.1. The van der Waals surface area contributed by atoms with Crippen molar-refractivity contribution in [1.29, 1.82) is 0 Å². The zero-order valence-corrected chi connectivity index (χ0v) is 9.71. The quantitative estimate of drug-likeness (QED) is 0.693. The van der Waals surface area contributed by atoms with Crippen LogP contribution in [0.15, 0.2) is 36.4 Å². The molecule has 0 heterocycles. The van der Waals surface area contributed by atoms with E-state index in [1.165, 1.54) is 19.9 Å². The summed E-state index contributed by atoms with van der Waals surface area (Å²) in [5.74, 6) is 0. The van der Waals surface area contributed by atoms with E-state index in [4.69, 9.17) is 0 Å². The summed E-state index contributed by atoms with van der Waals surface area (Å²) in [7, 11) is 0. The number of fused-ring (bicyclic) bond motifs is 1. The van der Waals surface area contributed by atoms with Crippen molar-refractivity contribution in [2.45, 2.75) is 13.3 Å². The maximum Gasteiger partial charge on any atom is 0.0139 e. The SMILES string of the molecule is CCc1cc(I)cc2ccccc12. The zero-order valence-electron chi connectivity index (χ0n) is 7.55. The lowest BCUT2D eigenvalue weighted by atomic mass is 10.0. The van der Waals surface area contributed by atoms with Crippen LogP contribution in [0.1, 0.15) is 12.5 Å². The summed E-state index contributed by atoms with van der Waals surface area (Å²) in [5.41, 5.74) is 1.45. The highest BCUT2D eigenvalue weighted by atomic mass is 127. The second-order valence-electron chi connectivity index (χ2n) is 3.14. The number of aryl methyl sites for hydroxylation is 1. The zero-order chi connectivity index (χ0) is 9.26. The molecule has 0 atom stereocenters. The van der Waals surface area contributed by atoms with Gasteiger partial charge in [0, 0.05) is 3.57 Å². The van der Waals surface area contributed by atoms with Crippen molar-refractivity contribution in [1.82, 2.24) is 0 Å². The van der Waals surface area contributed by atoms with E-state index in [9.17, 15) is 0 Å². The van der Waals surface area contributed by atoms with E-state index in [2.05, 4.69) is 65.9 Å². The summed E-state index contributed by atoms with van der Waals surface area (Å²) in [4.78, 5) is 0. The largest absolute Gasteiger partial charge is 0.0616 e. The van der Waals surface area contributed by atoms with Gasteiger partial charge in [-0.25, -0.2) is 0 Å². The minimum absolute atomic E-state index is 1.11. The van der Waals surface area contributed by atoms with Gasteiger partial charge in [0.25, 0.3) is 0 Å². The molecule has 13 heavy (non-hydrogen) atoms. The molecule has 0 saturated carbocycles. The Morgan fingerprint density at radius 1 is 1.15 bits per heavy atom. The molecule has 0 aliphatic carbocycles. The molecule has 0 fully saturated rings. The van der Waals surface area contributed by atoms with Gasteiger partial charge in [-0.15, -0.1) is 0 Å². The van der Waals surface area contributed by atoms with Crippen molar-refractivity contribution in [3.8, 4) is 0 Å². The minimum Gasteiger partial charge on any atom is -0.0616 e. The molecule has 0 unspecified atom stereocenters. The maximum atomic E-state index is 2.38. The second-order valence-corrected chi connectivity index (χ2v) is 4.39. The van der Waals surface area contributed by atoms with Gasteiger partial charge in [0.05, 0.1) is 0 Å². The Hall–Kier alpha value is -0.570. The number of hydrogen-bond donors (Lipinski definition) is 0. The van der Waals surface area contributed by atoms with Crippen molar-refractivity contribution in [3.05, 3.63) is 45.5 Å². The Morgan fingerprint density at radius 2 is 1.92 bits per heavy atom. The molecule has 66 valence electrons. The van der Waals surface area contributed by atoms with Crippen LogP contribution < -0.4 is 0 Å². The fourth-order valence-corrected chi connectivity index (χ4v) is 2.35. The van der Waals surface area contributed by atoms with Gasteiger partial charge in [-0.05, 0) is 57.5 Å². The van der Waals surface area contributed by atoms with Crippen LogP contribution in [0.3, 0.4) is 0 Å². The van der Waals surface area contributed by atoms with Crippen molar-refractivity contribution in [2.24, 2.45) is 0 Å².